The van der Waals surface area contributed by atoms with Gasteiger partial charge in [-0.3, -0.25) is 4.98 Å². The summed E-state index contributed by atoms with van der Waals surface area (Å²) in [6.45, 7) is 0. The minimum Gasteiger partial charge on any atom is -0.493 e. The molecule has 2 aromatic rings. The summed E-state index contributed by atoms with van der Waals surface area (Å²) >= 11 is 8.28. The SMILES string of the molecule is [11CH3]Oc1c(I)cc(Cl)c2cccnc12.[Fe+2]. The summed E-state index contributed by atoms with van der Waals surface area (Å²) in [5.74, 6) is 0.783. The molecule has 0 N–H and O–H groups in total. The van der Waals surface area contributed by atoms with Crippen molar-refractivity contribution < 1.29 is 21.8 Å². The zero-order chi connectivity index (χ0) is 10.1. The average molecular weight is 374 g/mol. The molecule has 0 radical (unpaired) electrons. The molecule has 0 aliphatic rings. The third kappa shape index (κ3) is 2.38. The van der Waals surface area contributed by atoms with Crippen LogP contribution in [0.1, 0.15) is 0 Å². The number of ether oxygens (including phenoxy) is 1. The molecule has 0 aliphatic carbocycles. The maximum absolute atomic E-state index is 6.09. The van der Waals surface area contributed by atoms with Crippen LogP contribution in [0.5, 0.6) is 5.75 Å². The molecular formula is C10H7ClFeINO+2. The van der Waals surface area contributed by atoms with Gasteiger partial charge < -0.3 is 4.74 Å². The van der Waals surface area contributed by atoms with Crippen LogP contribution in [0, 0.1) is 3.57 Å². The maximum Gasteiger partial charge on any atom is 2.00 e. The molecule has 0 unspecified atom stereocenters. The van der Waals surface area contributed by atoms with Gasteiger partial charge in [-0.05, 0) is 40.8 Å². The van der Waals surface area contributed by atoms with Crippen molar-refractivity contribution >= 4 is 45.1 Å². The quantitative estimate of drug-likeness (QED) is 0.563. The van der Waals surface area contributed by atoms with Crippen LogP contribution in [-0.4, -0.2) is 12.1 Å². The molecule has 0 saturated heterocycles. The monoisotopic (exact) mass is 374 g/mol. The molecule has 0 atom stereocenters. The van der Waals surface area contributed by atoms with Crippen LogP contribution in [0.25, 0.3) is 10.9 Å². The second-order valence-corrected chi connectivity index (χ2v) is 4.34. The third-order valence-corrected chi connectivity index (χ3v) is 3.07. The Balaban J connectivity index is 0.00000112. The molecule has 1 aromatic heterocycles. The largest absolute Gasteiger partial charge is 2.00 e. The van der Waals surface area contributed by atoms with Crippen LogP contribution in [0.3, 0.4) is 0 Å². The van der Waals surface area contributed by atoms with Gasteiger partial charge in [0.25, 0.3) is 0 Å². The molecular weight excluding hydrogens is 367 g/mol. The van der Waals surface area contributed by atoms with Crippen molar-refractivity contribution in [2.75, 3.05) is 7.11 Å². The summed E-state index contributed by atoms with van der Waals surface area (Å²) in [6, 6.07) is 5.68. The Kier molecular flexibility index (Phi) is 4.64. The van der Waals surface area contributed by atoms with Gasteiger partial charge >= 0.3 is 17.1 Å². The second-order valence-electron chi connectivity index (χ2n) is 2.77. The molecule has 0 saturated carbocycles. The molecule has 78 valence electrons. The molecule has 2 rings (SSSR count). The van der Waals surface area contributed by atoms with E-state index in [0.717, 1.165) is 20.2 Å². The molecule has 15 heavy (non-hydrogen) atoms. The molecule has 0 spiro atoms. The predicted molar refractivity (Wildman–Crippen MR) is 66.0 cm³/mol. The Labute approximate surface area is 117 Å². The maximum atomic E-state index is 6.09. The zero-order valence-electron chi connectivity index (χ0n) is 7.77. The van der Waals surface area contributed by atoms with E-state index in [0.29, 0.717) is 5.02 Å². The van der Waals surface area contributed by atoms with Crippen LogP contribution in [-0.2, 0) is 17.1 Å². The van der Waals surface area contributed by atoms with Crippen molar-refractivity contribution in [3.05, 3.63) is 33.0 Å². The topological polar surface area (TPSA) is 22.1 Å². The van der Waals surface area contributed by atoms with Gasteiger partial charge in [0.1, 0.15) is 5.52 Å². The Morgan fingerprint density at radius 1 is 1.47 bits per heavy atom. The van der Waals surface area contributed by atoms with Crippen molar-refractivity contribution in [1.82, 2.24) is 4.98 Å². The standard InChI is InChI=1S/C10H7ClINO.Fe/c1-14-10-8(12)5-7(11)6-3-2-4-13-9(6)10;/h2-5H,1H3;/q;+2/i1-1;. The second kappa shape index (κ2) is 5.34. The van der Waals surface area contributed by atoms with E-state index in [-0.39, 0.29) is 17.1 Å². The van der Waals surface area contributed by atoms with E-state index >= 15 is 0 Å². The van der Waals surface area contributed by atoms with E-state index in [9.17, 15) is 0 Å². The first-order valence-corrected chi connectivity index (χ1v) is 5.46. The Bertz CT molecular complexity index is 492. The first kappa shape index (κ1) is 13.0. The average Bonchev–Trinajstić information content (AvgIpc) is 2.18. The summed E-state index contributed by atoms with van der Waals surface area (Å²) in [6.07, 6.45) is 1.73. The first-order chi connectivity index (χ1) is 6.74. The number of hydrogen-bond acceptors (Lipinski definition) is 2. The molecule has 0 amide bonds. The molecule has 0 fully saturated rings. The summed E-state index contributed by atoms with van der Waals surface area (Å²) in [5, 5.41) is 1.63. The number of fused-ring (bicyclic) bond motifs is 1. The summed E-state index contributed by atoms with van der Waals surface area (Å²) in [5.41, 5.74) is 0.812. The van der Waals surface area contributed by atoms with Crippen LogP contribution >= 0.6 is 34.2 Å². The normalized spacial score (nSPS) is 9.80. The number of rotatable bonds is 1. The number of hydrogen-bond donors (Lipinski definition) is 0. The number of aromatic nitrogens is 1. The fraction of sp³-hybridized carbons (Fsp3) is 0.100. The summed E-state index contributed by atoms with van der Waals surface area (Å²) in [7, 11) is 1.64. The Morgan fingerprint density at radius 3 is 2.87 bits per heavy atom. The third-order valence-electron chi connectivity index (χ3n) is 1.95. The first-order valence-electron chi connectivity index (χ1n) is 4.00. The van der Waals surface area contributed by atoms with Crippen molar-refractivity contribution in [1.29, 1.82) is 0 Å². The van der Waals surface area contributed by atoms with Crippen LogP contribution in [0.2, 0.25) is 5.02 Å². The number of benzene rings is 1. The number of methoxy groups -OCH3 is 1. The van der Waals surface area contributed by atoms with Gasteiger partial charge in [0, 0.05) is 11.6 Å². The smallest absolute Gasteiger partial charge is 0.493 e. The van der Waals surface area contributed by atoms with Crippen molar-refractivity contribution in [2.24, 2.45) is 0 Å². The molecule has 0 bridgehead atoms. The van der Waals surface area contributed by atoms with Gasteiger partial charge in [-0.15, -0.1) is 0 Å². The van der Waals surface area contributed by atoms with Gasteiger partial charge in [-0.1, -0.05) is 11.6 Å². The number of halogens is 2. The van der Waals surface area contributed by atoms with Gasteiger partial charge in [-0.25, -0.2) is 0 Å². The van der Waals surface area contributed by atoms with Gasteiger partial charge in [0.15, 0.2) is 5.75 Å². The van der Waals surface area contributed by atoms with Crippen molar-refractivity contribution in [2.45, 2.75) is 0 Å². The fourth-order valence-electron chi connectivity index (χ4n) is 1.34. The van der Waals surface area contributed by atoms with E-state index < -0.39 is 0 Å². The molecule has 1 aromatic carbocycles. The predicted octanol–water partition coefficient (Wildman–Crippen LogP) is 3.50. The van der Waals surface area contributed by atoms with Crippen LogP contribution < -0.4 is 4.74 Å². The molecule has 1 heterocycles. The molecule has 2 nitrogen and oxygen atoms in total. The van der Waals surface area contributed by atoms with E-state index in [1.807, 2.05) is 18.2 Å². The van der Waals surface area contributed by atoms with Gasteiger partial charge in [0.05, 0.1) is 15.7 Å². The molecule has 0 aliphatic heterocycles. The van der Waals surface area contributed by atoms with Crippen LogP contribution in [0.4, 0.5) is 0 Å². The minimum absolute atomic E-state index is 0. The van der Waals surface area contributed by atoms with Gasteiger partial charge in [0.2, 0.25) is 0 Å². The van der Waals surface area contributed by atoms with E-state index in [1.54, 1.807) is 13.3 Å². The van der Waals surface area contributed by atoms with Crippen molar-refractivity contribution in [3.63, 3.8) is 0 Å². The number of pyridine rings is 1. The minimum atomic E-state index is 0. The Morgan fingerprint density at radius 2 is 2.20 bits per heavy atom. The van der Waals surface area contributed by atoms with E-state index in [2.05, 4.69) is 27.6 Å². The van der Waals surface area contributed by atoms with Crippen molar-refractivity contribution in [3.8, 4) is 5.75 Å². The van der Waals surface area contributed by atoms with E-state index in [1.165, 1.54) is 0 Å². The van der Waals surface area contributed by atoms with Crippen LogP contribution in [0.15, 0.2) is 24.4 Å². The summed E-state index contributed by atoms with van der Waals surface area (Å²) < 4.78 is 6.26. The van der Waals surface area contributed by atoms with Gasteiger partial charge in [-0.2, -0.15) is 0 Å². The zero-order valence-corrected chi connectivity index (χ0v) is 11.8. The van der Waals surface area contributed by atoms with E-state index in [4.69, 9.17) is 16.3 Å². The Hall–Kier alpha value is -0.0305. The molecule has 5 heteroatoms. The fourth-order valence-corrected chi connectivity index (χ4v) is 2.57. The number of nitrogens with zero attached hydrogens (tertiary/aromatic N) is 1. The summed E-state index contributed by atoms with van der Waals surface area (Å²) in [4.78, 5) is 4.26.